The summed E-state index contributed by atoms with van der Waals surface area (Å²) >= 11 is 0. The van der Waals surface area contributed by atoms with E-state index in [2.05, 4.69) is 68.9 Å². The van der Waals surface area contributed by atoms with Crippen LogP contribution in [0.3, 0.4) is 0 Å². The summed E-state index contributed by atoms with van der Waals surface area (Å²) in [5.41, 5.74) is 17.4. The molecule has 5 N–H and O–H groups in total. The lowest BCUT2D eigenvalue weighted by molar-refractivity contribution is 0.553. The Kier molecular flexibility index (Phi) is 5.30. The Morgan fingerprint density at radius 2 is 1.64 bits per heavy atom. The first kappa shape index (κ1) is 18.1. The smallest absolute Gasteiger partial charge is 0.178 e. The standard InChI is InChI=1S/C22H24N6/c23-17(13-15-7-3-1-4-8-15)11-12-18(16-9-5-2-6-10-16)19-14-20(24)25-22-21(19)26-28-27-22/h1-10,14,17-18H,11-13,23H2,(H3,24,25,26,27,28). The summed E-state index contributed by atoms with van der Waals surface area (Å²) in [6.07, 6.45) is 2.64. The van der Waals surface area contributed by atoms with Gasteiger partial charge in [0.1, 0.15) is 11.3 Å². The van der Waals surface area contributed by atoms with E-state index in [1.165, 1.54) is 11.1 Å². The van der Waals surface area contributed by atoms with Crippen molar-refractivity contribution in [3.8, 4) is 0 Å². The van der Waals surface area contributed by atoms with Gasteiger partial charge in [-0.1, -0.05) is 65.9 Å². The highest BCUT2D eigenvalue weighted by molar-refractivity contribution is 5.77. The molecule has 0 saturated heterocycles. The van der Waals surface area contributed by atoms with Gasteiger partial charge in [-0.15, -0.1) is 5.10 Å². The van der Waals surface area contributed by atoms with Crippen molar-refractivity contribution in [1.82, 2.24) is 20.4 Å². The van der Waals surface area contributed by atoms with Crippen LogP contribution in [0.5, 0.6) is 0 Å². The molecule has 0 radical (unpaired) electrons. The van der Waals surface area contributed by atoms with Crippen molar-refractivity contribution in [3.63, 3.8) is 0 Å². The predicted octanol–water partition coefficient (Wildman–Crippen LogP) is 3.42. The molecule has 0 fully saturated rings. The van der Waals surface area contributed by atoms with Crippen LogP contribution in [0.1, 0.15) is 35.4 Å². The number of benzene rings is 2. The zero-order valence-corrected chi connectivity index (χ0v) is 15.6. The fourth-order valence-electron chi connectivity index (χ4n) is 3.74. The molecule has 0 aliphatic heterocycles. The molecule has 142 valence electrons. The maximum absolute atomic E-state index is 6.46. The number of fused-ring (bicyclic) bond motifs is 1. The summed E-state index contributed by atoms with van der Waals surface area (Å²) < 4.78 is 0. The van der Waals surface area contributed by atoms with E-state index >= 15 is 0 Å². The van der Waals surface area contributed by atoms with E-state index in [1.807, 2.05) is 18.2 Å². The van der Waals surface area contributed by atoms with Crippen molar-refractivity contribution in [1.29, 1.82) is 0 Å². The number of nitrogens with one attached hydrogen (secondary N) is 1. The third kappa shape index (κ3) is 4.02. The molecule has 2 aromatic carbocycles. The van der Waals surface area contributed by atoms with Crippen LogP contribution >= 0.6 is 0 Å². The van der Waals surface area contributed by atoms with Gasteiger partial charge in [-0.05, 0) is 42.0 Å². The highest BCUT2D eigenvalue weighted by Gasteiger charge is 2.21. The average molecular weight is 372 g/mol. The monoisotopic (exact) mass is 372 g/mol. The van der Waals surface area contributed by atoms with Crippen molar-refractivity contribution in [3.05, 3.63) is 83.4 Å². The second-order valence-electron chi connectivity index (χ2n) is 7.14. The van der Waals surface area contributed by atoms with Gasteiger partial charge >= 0.3 is 0 Å². The third-order valence-corrected chi connectivity index (χ3v) is 5.09. The second-order valence-corrected chi connectivity index (χ2v) is 7.14. The average Bonchev–Trinajstić information content (AvgIpc) is 3.18. The lowest BCUT2D eigenvalue weighted by Gasteiger charge is -2.21. The van der Waals surface area contributed by atoms with Crippen LogP contribution in [0.25, 0.3) is 11.2 Å². The third-order valence-electron chi connectivity index (χ3n) is 5.09. The number of aromatic amines is 1. The molecule has 0 bridgehead atoms. The highest BCUT2D eigenvalue weighted by Crippen LogP contribution is 2.33. The first-order valence-electron chi connectivity index (χ1n) is 9.52. The predicted molar refractivity (Wildman–Crippen MR) is 112 cm³/mol. The number of nitrogen functional groups attached to an aromatic ring is 1. The van der Waals surface area contributed by atoms with E-state index in [0.29, 0.717) is 11.5 Å². The number of H-pyrrole nitrogens is 1. The lowest BCUT2D eigenvalue weighted by Crippen LogP contribution is -2.23. The summed E-state index contributed by atoms with van der Waals surface area (Å²) in [5.74, 6) is 0.587. The fraction of sp³-hybridized carbons (Fsp3) is 0.227. The zero-order valence-electron chi connectivity index (χ0n) is 15.6. The minimum absolute atomic E-state index is 0.0839. The number of rotatable bonds is 7. The Balaban J connectivity index is 1.60. The molecule has 4 rings (SSSR count). The van der Waals surface area contributed by atoms with Crippen molar-refractivity contribution in [2.45, 2.75) is 31.2 Å². The van der Waals surface area contributed by atoms with Gasteiger partial charge in [-0.3, -0.25) is 0 Å². The molecule has 6 nitrogen and oxygen atoms in total. The van der Waals surface area contributed by atoms with Crippen molar-refractivity contribution in [2.75, 3.05) is 5.73 Å². The molecular formula is C22H24N6. The SMILES string of the molecule is Nc1cc(C(CCC(N)Cc2ccccc2)c2ccccc2)c2nn[nH]c2n1. The van der Waals surface area contributed by atoms with E-state index in [0.717, 1.165) is 30.3 Å². The molecule has 4 aromatic rings. The van der Waals surface area contributed by atoms with E-state index in [1.54, 1.807) is 0 Å². The van der Waals surface area contributed by atoms with Crippen LogP contribution in [0.15, 0.2) is 66.7 Å². The largest absolute Gasteiger partial charge is 0.384 e. The Bertz CT molecular complexity index is 1030. The maximum Gasteiger partial charge on any atom is 0.178 e. The number of aromatic nitrogens is 4. The summed E-state index contributed by atoms with van der Waals surface area (Å²) in [6.45, 7) is 0. The van der Waals surface area contributed by atoms with Crippen LogP contribution in [0, 0.1) is 0 Å². The molecule has 6 heteroatoms. The lowest BCUT2D eigenvalue weighted by atomic mass is 9.85. The number of hydrogen-bond donors (Lipinski definition) is 3. The van der Waals surface area contributed by atoms with E-state index in [4.69, 9.17) is 11.5 Å². The van der Waals surface area contributed by atoms with Gasteiger partial charge in [0.15, 0.2) is 5.65 Å². The first-order chi connectivity index (χ1) is 13.7. The zero-order chi connectivity index (χ0) is 19.3. The Morgan fingerprint density at radius 3 is 2.39 bits per heavy atom. The van der Waals surface area contributed by atoms with Crippen molar-refractivity contribution >= 4 is 17.0 Å². The Morgan fingerprint density at radius 1 is 0.929 bits per heavy atom. The van der Waals surface area contributed by atoms with E-state index in [-0.39, 0.29) is 12.0 Å². The Hall–Kier alpha value is -3.25. The molecule has 0 saturated carbocycles. The molecule has 2 unspecified atom stereocenters. The van der Waals surface area contributed by atoms with Crippen LogP contribution < -0.4 is 11.5 Å². The van der Waals surface area contributed by atoms with Crippen LogP contribution in [0.2, 0.25) is 0 Å². The molecule has 0 spiro atoms. The Labute approximate surface area is 164 Å². The van der Waals surface area contributed by atoms with E-state index in [9.17, 15) is 0 Å². The molecule has 2 atom stereocenters. The van der Waals surface area contributed by atoms with Gasteiger partial charge in [0.2, 0.25) is 0 Å². The summed E-state index contributed by atoms with van der Waals surface area (Å²) in [7, 11) is 0. The molecule has 2 aromatic heterocycles. The van der Waals surface area contributed by atoms with Gasteiger partial charge in [-0.2, -0.15) is 0 Å². The molecule has 2 heterocycles. The maximum atomic E-state index is 6.46. The van der Waals surface area contributed by atoms with Gasteiger partial charge < -0.3 is 11.5 Å². The summed E-state index contributed by atoms with van der Waals surface area (Å²) in [4.78, 5) is 4.30. The normalized spacial score (nSPS) is 13.5. The van der Waals surface area contributed by atoms with Gasteiger partial charge in [-0.25, -0.2) is 10.1 Å². The molecule has 0 amide bonds. The van der Waals surface area contributed by atoms with Gasteiger partial charge in [0.25, 0.3) is 0 Å². The van der Waals surface area contributed by atoms with Crippen molar-refractivity contribution < 1.29 is 0 Å². The van der Waals surface area contributed by atoms with Crippen molar-refractivity contribution in [2.24, 2.45) is 5.73 Å². The first-order valence-corrected chi connectivity index (χ1v) is 9.52. The fourth-order valence-corrected chi connectivity index (χ4v) is 3.74. The quantitative estimate of drug-likeness (QED) is 0.461. The number of nitrogens with two attached hydrogens (primary N) is 2. The number of nitrogens with zero attached hydrogens (tertiary/aromatic N) is 3. The topological polar surface area (TPSA) is 107 Å². The van der Waals surface area contributed by atoms with Gasteiger partial charge in [0.05, 0.1) is 0 Å². The van der Waals surface area contributed by atoms with Crippen LogP contribution in [0.4, 0.5) is 5.82 Å². The minimum Gasteiger partial charge on any atom is -0.384 e. The minimum atomic E-state index is 0.0839. The van der Waals surface area contributed by atoms with Crippen LogP contribution in [-0.4, -0.2) is 26.4 Å². The molecular weight excluding hydrogens is 348 g/mol. The number of anilines is 1. The number of hydrogen-bond acceptors (Lipinski definition) is 5. The molecule has 0 aliphatic rings. The van der Waals surface area contributed by atoms with Crippen LogP contribution in [-0.2, 0) is 6.42 Å². The van der Waals surface area contributed by atoms with Gasteiger partial charge in [0, 0.05) is 12.0 Å². The molecule has 28 heavy (non-hydrogen) atoms. The number of pyridine rings is 1. The molecule has 0 aliphatic carbocycles. The summed E-state index contributed by atoms with van der Waals surface area (Å²) in [5, 5.41) is 11.0. The van der Waals surface area contributed by atoms with E-state index < -0.39 is 0 Å². The summed E-state index contributed by atoms with van der Waals surface area (Å²) in [6, 6.07) is 22.8. The highest BCUT2D eigenvalue weighted by atomic mass is 15.3. The second kappa shape index (κ2) is 8.19.